The van der Waals surface area contributed by atoms with Crippen LogP contribution < -0.4 is 0 Å². The van der Waals surface area contributed by atoms with Crippen LogP contribution in [0.2, 0.25) is 0 Å². The number of aromatic nitrogens is 2. The van der Waals surface area contributed by atoms with E-state index in [1.165, 1.54) is 4.88 Å². The maximum atomic E-state index is 12.6. The van der Waals surface area contributed by atoms with E-state index >= 15 is 0 Å². The summed E-state index contributed by atoms with van der Waals surface area (Å²) in [5.41, 5.74) is 3.40. The Bertz CT molecular complexity index is 929. The SMILES string of the molecule is CCOCCc1sc(SCc2ccncc2C(=O)OCc2ccccc2)nc1C. The van der Waals surface area contributed by atoms with E-state index < -0.39 is 0 Å². The van der Waals surface area contributed by atoms with Gasteiger partial charge in [0.25, 0.3) is 0 Å². The topological polar surface area (TPSA) is 61.3 Å². The van der Waals surface area contributed by atoms with Crippen molar-refractivity contribution in [3.05, 3.63) is 76.1 Å². The lowest BCUT2D eigenvalue weighted by molar-refractivity contribution is 0.0471. The predicted octanol–water partition coefficient (Wildman–Crippen LogP) is 5.07. The van der Waals surface area contributed by atoms with Crippen LogP contribution in [0.1, 0.15) is 39.0 Å². The molecule has 7 heteroatoms. The molecular formula is C22H24N2O3S2. The first-order chi connectivity index (χ1) is 14.2. The van der Waals surface area contributed by atoms with E-state index in [4.69, 9.17) is 9.47 Å². The van der Waals surface area contributed by atoms with E-state index in [9.17, 15) is 4.79 Å². The van der Waals surface area contributed by atoms with Crippen LogP contribution in [0.4, 0.5) is 0 Å². The maximum absolute atomic E-state index is 12.6. The van der Waals surface area contributed by atoms with Gasteiger partial charge < -0.3 is 9.47 Å². The molecule has 0 radical (unpaired) electrons. The fourth-order valence-electron chi connectivity index (χ4n) is 2.68. The van der Waals surface area contributed by atoms with Crippen LogP contribution in [0.15, 0.2) is 53.1 Å². The number of carbonyl (C=O) groups is 1. The predicted molar refractivity (Wildman–Crippen MR) is 116 cm³/mol. The molecule has 0 saturated heterocycles. The molecular weight excluding hydrogens is 404 g/mol. The van der Waals surface area contributed by atoms with E-state index in [-0.39, 0.29) is 12.6 Å². The maximum Gasteiger partial charge on any atom is 0.340 e. The highest BCUT2D eigenvalue weighted by Crippen LogP contribution is 2.30. The minimum atomic E-state index is -0.356. The highest BCUT2D eigenvalue weighted by Gasteiger charge is 2.15. The number of hydrogen-bond acceptors (Lipinski definition) is 7. The second kappa shape index (κ2) is 11.1. The van der Waals surface area contributed by atoms with Gasteiger partial charge in [0.1, 0.15) is 6.61 Å². The number of thioether (sulfide) groups is 1. The zero-order valence-corrected chi connectivity index (χ0v) is 18.2. The molecule has 3 aromatic rings. The molecule has 152 valence electrons. The summed E-state index contributed by atoms with van der Waals surface area (Å²) in [6.07, 6.45) is 4.15. The van der Waals surface area contributed by atoms with Crippen LogP contribution in [-0.4, -0.2) is 29.2 Å². The molecule has 0 aliphatic rings. The average molecular weight is 429 g/mol. The minimum absolute atomic E-state index is 0.246. The summed E-state index contributed by atoms with van der Waals surface area (Å²) in [5, 5.41) is 0. The second-order valence-corrected chi connectivity index (χ2v) is 8.62. The summed E-state index contributed by atoms with van der Waals surface area (Å²) < 4.78 is 11.9. The van der Waals surface area contributed by atoms with Crippen molar-refractivity contribution >= 4 is 29.1 Å². The van der Waals surface area contributed by atoms with Crippen molar-refractivity contribution in [3.8, 4) is 0 Å². The van der Waals surface area contributed by atoms with Gasteiger partial charge in [-0.05, 0) is 31.0 Å². The molecule has 29 heavy (non-hydrogen) atoms. The minimum Gasteiger partial charge on any atom is -0.457 e. The Morgan fingerprint density at radius 2 is 2.03 bits per heavy atom. The number of carbonyl (C=O) groups excluding carboxylic acids is 1. The summed E-state index contributed by atoms with van der Waals surface area (Å²) in [7, 11) is 0. The van der Waals surface area contributed by atoms with Gasteiger partial charge in [0.2, 0.25) is 0 Å². The average Bonchev–Trinajstić information content (AvgIpc) is 3.11. The normalized spacial score (nSPS) is 10.8. The number of rotatable bonds is 10. The Morgan fingerprint density at radius 3 is 2.83 bits per heavy atom. The third-order valence-electron chi connectivity index (χ3n) is 4.25. The van der Waals surface area contributed by atoms with Crippen molar-refractivity contribution in [1.82, 2.24) is 9.97 Å². The Labute approximate surface area is 179 Å². The summed E-state index contributed by atoms with van der Waals surface area (Å²) >= 11 is 3.32. The molecule has 5 nitrogen and oxygen atoms in total. The fraction of sp³-hybridized carbons (Fsp3) is 0.318. The molecule has 1 aromatic carbocycles. The van der Waals surface area contributed by atoms with Crippen molar-refractivity contribution < 1.29 is 14.3 Å². The van der Waals surface area contributed by atoms with Crippen molar-refractivity contribution in [2.75, 3.05) is 13.2 Å². The number of nitrogens with zero attached hydrogens (tertiary/aromatic N) is 2. The summed E-state index contributed by atoms with van der Waals surface area (Å²) in [6, 6.07) is 11.5. The Hall–Kier alpha value is -2.22. The molecule has 2 aromatic heterocycles. The first kappa shape index (κ1) is 21.5. The molecule has 2 heterocycles. The molecule has 0 bridgehead atoms. The highest BCUT2D eigenvalue weighted by molar-refractivity contribution is 8.00. The summed E-state index contributed by atoms with van der Waals surface area (Å²) in [5.74, 6) is 0.279. The lowest BCUT2D eigenvalue weighted by atomic mass is 10.1. The summed E-state index contributed by atoms with van der Waals surface area (Å²) in [4.78, 5) is 22.6. The largest absolute Gasteiger partial charge is 0.457 e. The number of hydrogen-bond donors (Lipinski definition) is 0. The van der Waals surface area contributed by atoms with Gasteiger partial charge in [-0.25, -0.2) is 9.78 Å². The molecule has 0 atom stereocenters. The smallest absolute Gasteiger partial charge is 0.340 e. The van der Waals surface area contributed by atoms with Gasteiger partial charge in [-0.1, -0.05) is 42.1 Å². The molecule has 0 fully saturated rings. The quantitative estimate of drug-likeness (QED) is 0.255. The van der Waals surface area contributed by atoms with E-state index in [0.29, 0.717) is 17.9 Å². The van der Waals surface area contributed by atoms with E-state index in [1.54, 1.807) is 35.5 Å². The first-order valence-electron chi connectivity index (χ1n) is 9.48. The van der Waals surface area contributed by atoms with Crippen molar-refractivity contribution in [2.45, 2.75) is 37.0 Å². The second-order valence-electron chi connectivity index (χ2n) is 6.32. The van der Waals surface area contributed by atoms with Crippen molar-refractivity contribution in [1.29, 1.82) is 0 Å². The van der Waals surface area contributed by atoms with Crippen LogP contribution in [0, 0.1) is 6.92 Å². The van der Waals surface area contributed by atoms with Gasteiger partial charge >= 0.3 is 5.97 Å². The lowest BCUT2D eigenvalue weighted by Gasteiger charge is -2.08. The number of thiazole rings is 1. The van der Waals surface area contributed by atoms with E-state index in [0.717, 1.165) is 34.2 Å². The van der Waals surface area contributed by atoms with E-state index in [1.807, 2.05) is 50.2 Å². The molecule has 3 rings (SSSR count). The number of benzene rings is 1. The van der Waals surface area contributed by atoms with Crippen molar-refractivity contribution in [2.24, 2.45) is 0 Å². The van der Waals surface area contributed by atoms with Crippen LogP contribution in [0.5, 0.6) is 0 Å². The van der Waals surface area contributed by atoms with Gasteiger partial charge in [0.05, 0.1) is 17.9 Å². The van der Waals surface area contributed by atoms with Gasteiger partial charge in [0.15, 0.2) is 4.34 Å². The van der Waals surface area contributed by atoms with Gasteiger partial charge in [-0.15, -0.1) is 11.3 Å². The number of ether oxygens (including phenoxy) is 2. The van der Waals surface area contributed by atoms with Crippen LogP contribution in [-0.2, 0) is 28.3 Å². The van der Waals surface area contributed by atoms with Crippen LogP contribution in [0.3, 0.4) is 0 Å². The van der Waals surface area contributed by atoms with Gasteiger partial charge in [-0.2, -0.15) is 0 Å². The van der Waals surface area contributed by atoms with Crippen LogP contribution >= 0.6 is 23.1 Å². The number of pyridine rings is 1. The Morgan fingerprint density at radius 1 is 1.21 bits per heavy atom. The first-order valence-corrected chi connectivity index (χ1v) is 11.3. The highest BCUT2D eigenvalue weighted by atomic mass is 32.2. The van der Waals surface area contributed by atoms with Crippen LogP contribution in [0.25, 0.3) is 0 Å². The monoisotopic (exact) mass is 428 g/mol. The number of esters is 1. The zero-order chi connectivity index (χ0) is 20.5. The molecule has 0 aliphatic heterocycles. The molecule has 0 N–H and O–H groups in total. The Kier molecular flexibility index (Phi) is 8.22. The van der Waals surface area contributed by atoms with E-state index in [2.05, 4.69) is 9.97 Å². The molecule has 0 aliphatic carbocycles. The zero-order valence-electron chi connectivity index (χ0n) is 16.6. The third kappa shape index (κ3) is 6.39. The standard InChI is InChI=1S/C22H24N2O3S2/c1-3-26-12-10-20-16(2)24-22(29-20)28-15-18-9-11-23-13-19(18)21(25)27-14-17-7-5-4-6-8-17/h4-9,11,13H,3,10,12,14-15H2,1-2H3. The molecule has 0 amide bonds. The fourth-order valence-corrected chi connectivity index (χ4v) is 4.90. The molecule has 0 spiro atoms. The Balaban J connectivity index is 1.60. The number of aryl methyl sites for hydroxylation is 1. The summed E-state index contributed by atoms with van der Waals surface area (Å²) in [6.45, 7) is 5.71. The third-order valence-corrected chi connectivity index (χ3v) is 6.65. The van der Waals surface area contributed by atoms with Crippen molar-refractivity contribution in [3.63, 3.8) is 0 Å². The molecule has 0 saturated carbocycles. The van der Waals surface area contributed by atoms with Gasteiger partial charge in [-0.3, -0.25) is 4.98 Å². The molecule has 0 unspecified atom stereocenters. The lowest BCUT2D eigenvalue weighted by Crippen LogP contribution is -2.08. The van der Waals surface area contributed by atoms with Gasteiger partial charge in [0, 0.05) is 36.1 Å².